The molecule has 0 N–H and O–H groups in total. The predicted molar refractivity (Wildman–Crippen MR) is 45.2 cm³/mol. The van der Waals surface area contributed by atoms with Crippen molar-refractivity contribution in [1.29, 1.82) is 0 Å². The summed E-state index contributed by atoms with van der Waals surface area (Å²) in [5.41, 5.74) is 0.900. The molecule has 0 atom stereocenters. The number of rotatable bonds is 1. The Labute approximate surface area is 100 Å². The van der Waals surface area contributed by atoms with Crippen LogP contribution in [0.2, 0.25) is 0 Å². The summed E-state index contributed by atoms with van der Waals surface area (Å²) in [5.74, 6) is 0.822. The van der Waals surface area contributed by atoms with Gasteiger partial charge in [0.25, 0.3) is 0 Å². The molecule has 1 aromatic carbocycles. The van der Waals surface area contributed by atoms with Gasteiger partial charge in [-0.2, -0.15) is 12.5 Å². The molecule has 0 aliphatic carbocycles. The number of halogens is 2. The number of hydrogen-bond acceptors (Lipinski definition) is 1. The fourth-order valence-corrected chi connectivity index (χ4v) is 1.16. The summed E-state index contributed by atoms with van der Waals surface area (Å²) in [6.45, 7) is 3.80. The molecule has 0 saturated carbocycles. The quantitative estimate of drug-likeness (QED) is 0.508. The van der Waals surface area contributed by atoms with E-state index in [1.54, 1.807) is 7.11 Å². The summed E-state index contributed by atoms with van der Waals surface area (Å²) in [5, 5.41) is 0. The third-order valence-corrected chi connectivity index (χ3v) is 1.74. The minimum atomic E-state index is 0. The van der Waals surface area contributed by atoms with Gasteiger partial charge in [-0.05, 0) is 4.47 Å². The minimum absolute atomic E-state index is 0. The molecule has 0 radical (unpaired) electrons. The number of hydrogen-bond donors (Lipinski definition) is 0. The maximum atomic E-state index is 5.02. The molecule has 0 aliphatic rings. The summed E-state index contributed by atoms with van der Waals surface area (Å²) in [6.07, 6.45) is 0. The van der Waals surface area contributed by atoms with E-state index in [9.17, 15) is 0 Å². The van der Waals surface area contributed by atoms with Crippen molar-refractivity contribution in [3.8, 4) is 5.75 Å². The molecule has 0 amide bonds. The van der Waals surface area contributed by atoms with Gasteiger partial charge >= 0.3 is 19.5 Å². The van der Waals surface area contributed by atoms with Gasteiger partial charge in [-0.1, -0.05) is 28.1 Å². The fraction of sp³-hybridized carbons (Fsp3) is 0.125. The van der Waals surface area contributed by atoms with Crippen molar-refractivity contribution in [3.05, 3.63) is 35.2 Å². The second-order valence-corrected chi connectivity index (χ2v) is 2.87. The first kappa shape index (κ1) is 14.8. The summed E-state index contributed by atoms with van der Waals surface area (Å²) in [7, 11) is 1.64. The van der Waals surface area contributed by atoms with Crippen LogP contribution >= 0.6 is 15.9 Å². The van der Waals surface area contributed by atoms with Crippen LogP contribution < -0.4 is 17.1 Å². The van der Waals surface area contributed by atoms with Crippen LogP contribution in [0.3, 0.4) is 0 Å². The van der Waals surface area contributed by atoms with E-state index in [0.717, 1.165) is 15.8 Å². The van der Waals surface area contributed by atoms with E-state index in [-0.39, 0.29) is 31.9 Å². The Hall–Kier alpha value is 0.283. The van der Waals surface area contributed by atoms with E-state index < -0.39 is 0 Å². The molecule has 1 nitrogen and oxygen atoms in total. The van der Waals surface area contributed by atoms with Gasteiger partial charge in [0, 0.05) is 5.75 Å². The first-order valence-electron chi connectivity index (χ1n) is 2.89. The Morgan fingerprint density at radius 2 is 2.00 bits per heavy atom. The maximum absolute atomic E-state index is 5.02. The van der Waals surface area contributed by atoms with E-state index in [1.165, 1.54) is 0 Å². The monoisotopic (exact) mass is 298 g/mol. The van der Waals surface area contributed by atoms with Crippen LogP contribution in [0.1, 0.15) is 5.56 Å². The van der Waals surface area contributed by atoms with Gasteiger partial charge in [0.05, 0.1) is 7.11 Å². The number of ether oxygens (including phenoxy) is 1. The van der Waals surface area contributed by atoms with E-state index in [2.05, 4.69) is 22.9 Å². The molecule has 0 unspecified atom stereocenters. The average Bonchev–Trinajstić information content (AvgIpc) is 1.88. The third kappa shape index (κ3) is 3.79. The van der Waals surface area contributed by atoms with Crippen molar-refractivity contribution in [2.75, 3.05) is 7.11 Å². The van der Waals surface area contributed by atoms with Crippen molar-refractivity contribution in [3.63, 3.8) is 0 Å². The van der Waals surface area contributed by atoms with E-state index in [4.69, 9.17) is 4.74 Å². The molecule has 1 aromatic rings. The molecule has 0 aliphatic heterocycles. The Balaban J connectivity index is 0. The number of benzene rings is 1. The van der Waals surface area contributed by atoms with Gasteiger partial charge in [0.15, 0.2) is 0 Å². The van der Waals surface area contributed by atoms with Crippen molar-refractivity contribution in [1.82, 2.24) is 0 Å². The van der Waals surface area contributed by atoms with Crippen LogP contribution in [0.15, 0.2) is 22.7 Å². The summed E-state index contributed by atoms with van der Waals surface area (Å²) >= 11 is 3.33. The molecule has 1 rings (SSSR count). The molecule has 0 aromatic heterocycles. The maximum Gasteiger partial charge on any atom is 2.00 e. The molecular weight excluding hydrogens is 293 g/mol. The first-order valence-corrected chi connectivity index (χ1v) is 3.69. The SMILES string of the molecule is [CH2-]c1cc(Br)ccc1OC.[Cl-].[Zn+2]. The Morgan fingerprint density at radius 1 is 1.42 bits per heavy atom. The summed E-state index contributed by atoms with van der Waals surface area (Å²) in [6, 6.07) is 5.72. The largest absolute Gasteiger partial charge is 2.00 e. The van der Waals surface area contributed by atoms with E-state index in [1.807, 2.05) is 18.2 Å². The normalized spacial score (nSPS) is 7.83. The van der Waals surface area contributed by atoms with Crippen LogP contribution in [0, 0.1) is 6.92 Å². The zero-order chi connectivity index (χ0) is 7.56. The van der Waals surface area contributed by atoms with E-state index in [0.29, 0.717) is 0 Å². The molecule has 0 spiro atoms. The van der Waals surface area contributed by atoms with Gasteiger partial charge in [0.1, 0.15) is 0 Å². The van der Waals surface area contributed by atoms with Crippen LogP contribution in [0.4, 0.5) is 0 Å². The van der Waals surface area contributed by atoms with Crippen LogP contribution in [-0.2, 0) is 19.5 Å². The third-order valence-electron chi connectivity index (χ3n) is 1.24. The Kier molecular flexibility index (Phi) is 8.33. The van der Waals surface area contributed by atoms with Gasteiger partial charge in [-0.15, -0.1) is 6.07 Å². The second kappa shape index (κ2) is 6.76. The molecule has 12 heavy (non-hydrogen) atoms. The smallest absolute Gasteiger partial charge is 1.00 e. The number of methoxy groups -OCH3 is 1. The summed E-state index contributed by atoms with van der Waals surface area (Å²) < 4.78 is 6.04. The summed E-state index contributed by atoms with van der Waals surface area (Å²) in [4.78, 5) is 0. The molecule has 0 fully saturated rings. The zero-order valence-corrected chi connectivity index (χ0v) is 12.1. The van der Waals surface area contributed by atoms with Crippen LogP contribution in [-0.4, -0.2) is 7.11 Å². The van der Waals surface area contributed by atoms with Gasteiger partial charge in [0.2, 0.25) is 0 Å². The van der Waals surface area contributed by atoms with Crippen molar-refractivity contribution >= 4 is 15.9 Å². The molecule has 0 heterocycles. The standard InChI is InChI=1S/C8H8BrO.ClH.Zn/c1-6-5-7(9)3-4-8(6)10-2;;/h3-5H,1H2,2H3;1H;/q-1;;+2/p-1. The van der Waals surface area contributed by atoms with Crippen LogP contribution in [0.5, 0.6) is 5.75 Å². The molecule has 4 heteroatoms. The molecule has 62 valence electrons. The van der Waals surface area contributed by atoms with E-state index >= 15 is 0 Å². The average molecular weight is 301 g/mol. The van der Waals surface area contributed by atoms with Gasteiger partial charge in [-0.3, -0.25) is 0 Å². The predicted octanol–water partition coefficient (Wildman–Crippen LogP) is -0.359. The fourth-order valence-electron chi connectivity index (χ4n) is 0.747. The zero-order valence-electron chi connectivity index (χ0n) is 6.81. The van der Waals surface area contributed by atoms with Crippen molar-refractivity contribution in [2.24, 2.45) is 0 Å². The first-order chi connectivity index (χ1) is 4.74. The molecular formula is C8H8BrClOZn. The molecule has 0 bridgehead atoms. The van der Waals surface area contributed by atoms with Gasteiger partial charge < -0.3 is 17.1 Å². The van der Waals surface area contributed by atoms with Crippen LogP contribution in [0.25, 0.3) is 0 Å². The second-order valence-electron chi connectivity index (χ2n) is 1.96. The van der Waals surface area contributed by atoms with Gasteiger partial charge in [-0.25, -0.2) is 0 Å². The van der Waals surface area contributed by atoms with Crippen molar-refractivity contribution in [2.45, 2.75) is 0 Å². The Morgan fingerprint density at radius 3 is 2.42 bits per heavy atom. The topological polar surface area (TPSA) is 9.23 Å². The Bertz CT molecular complexity index is 242. The van der Waals surface area contributed by atoms with Crippen molar-refractivity contribution < 1.29 is 36.6 Å². The minimum Gasteiger partial charge on any atom is -1.00 e. The molecule has 0 saturated heterocycles.